The number of hydrogen-bond acceptors (Lipinski definition) is 8. The van der Waals surface area contributed by atoms with Gasteiger partial charge in [-0.3, -0.25) is 35.7 Å². The molecule has 0 saturated heterocycles. The van der Waals surface area contributed by atoms with Crippen LogP contribution < -0.4 is 0 Å². The predicted molar refractivity (Wildman–Crippen MR) is 108 cm³/mol. The third-order valence-corrected chi connectivity index (χ3v) is 0. The molecule has 0 rings (SSSR count). The quantitative estimate of drug-likeness (QED) is 0.104. The van der Waals surface area contributed by atoms with Crippen LogP contribution in [0.2, 0.25) is 0 Å². The fraction of sp³-hybridized carbons (Fsp3) is 0. The van der Waals surface area contributed by atoms with E-state index in [1.165, 1.54) is 0 Å². The van der Waals surface area contributed by atoms with E-state index < -0.39 is 73.4 Å². The molecule has 0 heterocycles. The van der Waals surface area contributed by atoms with Crippen molar-refractivity contribution in [3.05, 3.63) is 0 Å². The third kappa shape index (κ3) is 8210000. The molecule has 0 aliphatic rings. The standard InChI is InChI=1S/3Na.8H2O3Si.3H/c;;;8*1-4(2)3;;;/h;;;8*1-2H;;;. The first kappa shape index (κ1) is 70.2. The molecule has 0 aromatic carbocycles. The van der Waals surface area contributed by atoms with Gasteiger partial charge in [-0.25, -0.2) is 0 Å². The van der Waals surface area contributed by atoms with Crippen LogP contribution in [-0.2, 0) is 35.7 Å². The van der Waals surface area contributed by atoms with Gasteiger partial charge in [-0.05, 0) is 0 Å². The molecule has 198 valence electrons. The maximum absolute atomic E-state index is 8.74. The van der Waals surface area contributed by atoms with Crippen molar-refractivity contribution in [1.29, 1.82) is 0 Å². The molecule has 0 saturated carbocycles. The van der Waals surface area contributed by atoms with Crippen molar-refractivity contribution in [3.8, 4) is 0 Å². The van der Waals surface area contributed by atoms with Gasteiger partial charge in [0.25, 0.3) is 0 Å². The van der Waals surface area contributed by atoms with Gasteiger partial charge in [-0.2, -0.15) is 0 Å². The minimum atomic E-state index is -3.13. The molecular weight excluding hydrogens is 678 g/mol. The molecule has 35 heteroatoms. The van der Waals surface area contributed by atoms with Gasteiger partial charge in [-0.15, -0.1) is 0 Å². The second-order valence-corrected chi connectivity index (χ2v) is 6.78. The zero-order chi connectivity index (χ0) is 28.6. The second kappa shape index (κ2) is 64.3. The molecule has 0 fully saturated rings. The molecule has 0 amide bonds. The molecule has 0 aliphatic carbocycles. The number of hydrogen-bond donors (Lipinski definition) is 16. The van der Waals surface area contributed by atoms with Gasteiger partial charge in [0, 0.05) is 0 Å². The van der Waals surface area contributed by atoms with E-state index in [0.717, 1.165) is 0 Å². The molecule has 0 atom stereocenters. The molecule has 24 nitrogen and oxygen atoms in total. The Balaban J connectivity index is -0.0000000206. The molecule has 0 aromatic rings. The summed E-state index contributed by atoms with van der Waals surface area (Å²) in [5.74, 6) is 0. The summed E-state index contributed by atoms with van der Waals surface area (Å²) in [7, 11) is -25.0. The second-order valence-electron chi connectivity index (χ2n) is 2.26. The summed E-state index contributed by atoms with van der Waals surface area (Å²) in [5, 5.41) is 0. The van der Waals surface area contributed by atoms with E-state index in [9.17, 15) is 0 Å². The fourth-order valence-electron chi connectivity index (χ4n) is 0. The van der Waals surface area contributed by atoms with Crippen molar-refractivity contribution in [2.75, 3.05) is 0 Å². The topological polar surface area (TPSA) is 460 Å². The zero-order valence-corrected chi connectivity index (χ0v) is 22.4. The summed E-state index contributed by atoms with van der Waals surface area (Å²) in [6.07, 6.45) is 0. The molecule has 0 unspecified atom stereocenters. The summed E-state index contributed by atoms with van der Waals surface area (Å²) in [4.78, 5) is 115. The Morgan fingerprint density at radius 2 is 0.200 bits per heavy atom. The first-order valence-electron chi connectivity index (χ1n) is 5.21. The molecule has 0 radical (unpaired) electrons. The van der Waals surface area contributed by atoms with Gasteiger partial charge >= 0.3 is 162 Å². The molecular formula is H19Na3O24Si8. The van der Waals surface area contributed by atoms with Gasteiger partial charge in [0.15, 0.2) is 0 Å². The molecule has 0 aromatic heterocycles. The Labute approximate surface area is 271 Å². The van der Waals surface area contributed by atoms with Crippen LogP contribution in [0.5, 0.6) is 0 Å². The van der Waals surface area contributed by atoms with Crippen molar-refractivity contribution in [2.24, 2.45) is 0 Å². The van der Waals surface area contributed by atoms with E-state index in [1.54, 1.807) is 0 Å². The third-order valence-electron chi connectivity index (χ3n) is 0. The molecule has 16 N–H and O–H groups in total. The van der Waals surface area contributed by atoms with Gasteiger partial charge in [0.1, 0.15) is 0 Å². The van der Waals surface area contributed by atoms with Crippen LogP contribution in [-0.4, -0.2) is 239 Å². The fourth-order valence-corrected chi connectivity index (χ4v) is 0. The van der Waals surface area contributed by atoms with Gasteiger partial charge in [0.2, 0.25) is 0 Å². The van der Waals surface area contributed by atoms with Crippen LogP contribution >= 0.6 is 0 Å². The summed E-state index contributed by atoms with van der Waals surface area (Å²) >= 11 is 0. The summed E-state index contributed by atoms with van der Waals surface area (Å²) in [6.45, 7) is 0. The van der Waals surface area contributed by atoms with E-state index in [4.69, 9.17) is 112 Å². The van der Waals surface area contributed by atoms with Crippen LogP contribution in [0.1, 0.15) is 0 Å². The van der Waals surface area contributed by atoms with Crippen LogP contribution in [0, 0.1) is 0 Å². The average Bonchev–Trinajstić information content (AvgIpc) is 2.30. The van der Waals surface area contributed by atoms with E-state index in [0.29, 0.717) is 0 Å². The number of rotatable bonds is 0. The molecule has 35 heavy (non-hydrogen) atoms. The van der Waals surface area contributed by atoms with Crippen molar-refractivity contribution in [2.45, 2.75) is 0 Å². The molecule has 0 spiro atoms. The van der Waals surface area contributed by atoms with Crippen molar-refractivity contribution in [1.82, 2.24) is 0 Å². The Hall–Kier alpha value is -0.0649. The SMILES string of the molecule is O=[Si](O)O.O=[Si](O)O.O=[Si](O)O.O=[Si](O)O.O=[Si](O)O.O=[Si](O)O.O=[Si](O)O.O=[Si](O)O.[NaH].[NaH].[NaH]. The van der Waals surface area contributed by atoms with Crippen LogP contribution in [0.15, 0.2) is 0 Å². The maximum atomic E-state index is 8.74. The zero-order valence-electron chi connectivity index (χ0n) is 14.4. The van der Waals surface area contributed by atoms with E-state index in [-0.39, 0.29) is 88.7 Å². The van der Waals surface area contributed by atoms with Crippen LogP contribution in [0.4, 0.5) is 0 Å². The van der Waals surface area contributed by atoms with E-state index in [1.807, 2.05) is 0 Å². The first-order chi connectivity index (χ1) is 13.9. The molecule has 0 bridgehead atoms. The van der Waals surface area contributed by atoms with Crippen LogP contribution in [0.25, 0.3) is 0 Å². The average molecular weight is 697 g/mol. The monoisotopic (exact) mass is 696 g/mol. The Kier molecular flexibility index (Phi) is 129. The minimum absolute atomic E-state index is 0. The molecule has 0 aliphatic heterocycles. The van der Waals surface area contributed by atoms with Gasteiger partial charge < -0.3 is 76.7 Å². The summed E-state index contributed by atoms with van der Waals surface area (Å²) in [6, 6.07) is 0. The van der Waals surface area contributed by atoms with Crippen molar-refractivity contribution < 1.29 is 112 Å². The van der Waals surface area contributed by atoms with Gasteiger partial charge in [0.05, 0.1) is 0 Å². The summed E-state index contributed by atoms with van der Waals surface area (Å²) < 4.78 is 69.9. The van der Waals surface area contributed by atoms with E-state index >= 15 is 0 Å². The Bertz CT molecular complexity index is 369. The first-order valence-corrected chi connectivity index (χ1v) is 15.6. The predicted octanol–water partition coefficient (Wildman–Crippen LogP) is -14.9. The van der Waals surface area contributed by atoms with Crippen LogP contribution in [0.3, 0.4) is 0 Å². The van der Waals surface area contributed by atoms with Crippen molar-refractivity contribution in [3.63, 3.8) is 0 Å². The Morgan fingerprint density at radius 1 is 0.200 bits per heavy atom. The normalized spacial score (nSPS) is 5.49. The summed E-state index contributed by atoms with van der Waals surface area (Å²) in [5.41, 5.74) is 0. The Morgan fingerprint density at radius 3 is 0.200 bits per heavy atom. The van der Waals surface area contributed by atoms with E-state index in [2.05, 4.69) is 0 Å². The van der Waals surface area contributed by atoms with Gasteiger partial charge in [-0.1, -0.05) is 0 Å². The van der Waals surface area contributed by atoms with Crippen molar-refractivity contribution >= 4 is 162 Å².